The predicted octanol–water partition coefficient (Wildman–Crippen LogP) is 4.10. The van der Waals surface area contributed by atoms with Crippen LogP contribution in [0.3, 0.4) is 0 Å². The summed E-state index contributed by atoms with van der Waals surface area (Å²) < 4.78 is 24.3. The molecular formula is C29H30N2O6S. The summed E-state index contributed by atoms with van der Waals surface area (Å²) in [6.07, 6.45) is 4.15. The van der Waals surface area contributed by atoms with Crippen molar-refractivity contribution in [3.8, 4) is 17.2 Å². The van der Waals surface area contributed by atoms with Crippen LogP contribution in [-0.2, 0) is 9.53 Å². The van der Waals surface area contributed by atoms with Crippen LogP contribution in [0, 0.1) is 0 Å². The van der Waals surface area contributed by atoms with E-state index in [9.17, 15) is 9.59 Å². The van der Waals surface area contributed by atoms with Gasteiger partial charge in [-0.25, -0.2) is 9.79 Å². The van der Waals surface area contributed by atoms with Crippen molar-refractivity contribution in [2.24, 2.45) is 4.99 Å². The highest BCUT2D eigenvalue weighted by molar-refractivity contribution is 7.07. The van der Waals surface area contributed by atoms with Crippen LogP contribution in [0.4, 0.5) is 0 Å². The summed E-state index contributed by atoms with van der Waals surface area (Å²) in [6, 6.07) is 12.4. The second-order valence-electron chi connectivity index (χ2n) is 8.94. The molecule has 0 bridgehead atoms. The first kappa shape index (κ1) is 25.8. The van der Waals surface area contributed by atoms with E-state index in [-0.39, 0.29) is 19.0 Å². The number of rotatable bonds is 9. The molecule has 9 heteroatoms. The lowest BCUT2D eigenvalue weighted by atomic mass is 9.94. The molecule has 5 rings (SSSR count). The number of allylic oxidation sites excluding steroid dienone is 1. The van der Waals surface area contributed by atoms with Gasteiger partial charge in [0, 0.05) is 0 Å². The van der Waals surface area contributed by atoms with Gasteiger partial charge in [0.25, 0.3) is 5.56 Å². The third-order valence-corrected chi connectivity index (χ3v) is 7.24. The molecule has 0 radical (unpaired) electrons. The van der Waals surface area contributed by atoms with Crippen LogP contribution in [0.1, 0.15) is 57.2 Å². The number of hydrogen-bond acceptors (Lipinski definition) is 8. The maximum Gasteiger partial charge on any atom is 0.338 e. The third kappa shape index (κ3) is 4.98. The first-order valence-electron chi connectivity index (χ1n) is 12.9. The lowest BCUT2D eigenvalue weighted by molar-refractivity contribution is -0.139. The van der Waals surface area contributed by atoms with E-state index in [2.05, 4.69) is 6.92 Å². The molecule has 3 aromatic rings. The van der Waals surface area contributed by atoms with Crippen molar-refractivity contribution in [3.05, 3.63) is 84.5 Å². The number of carbonyl (C=O) groups excluding carboxylic acids is 1. The second kappa shape index (κ2) is 11.3. The van der Waals surface area contributed by atoms with Crippen LogP contribution in [0.5, 0.6) is 17.2 Å². The standard InChI is InChI=1S/C29H30N2O6S/c1-4-7-21-25(28(33)34-6-3)26(19-10-13-22-23(16-19)37-17-36-22)31-27(32)24(38-29(31)30-21)15-18-8-11-20(12-9-18)35-14-5-2/h8-13,15-16,26H,4-7,14,17H2,1-3H3/b24-15-/t26-/m1/s1. The number of thiazole rings is 1. The Labute approximate surface area is 224 Å². The van der Waals surface area contributed by atoms with E-state index in [1.807, 2.05) is 49.4 Å². The highest BCUT2D eigenvalue weighted by Crippen LogP contribution is 2.38. The van der Waals surface area contributed by atoms with Gasteiger partial charge < -0.3 is 18.9 Å². The fourth-order valence-corrected chi connectivity index (χ4v) is 5.57. The zero-order valence-corrected chi connectivity index (χ0v) is 22.5. The Balaban J connectivity index is 1.66. The summed E-state index contributed by atoms with van der Waals surface area (Å²) in [5.74, 6) is 1.52. The Morgan fingerprint density at radius 2 is 1.89 bits per heavy atom. The van der Waals surface area contributed by atoms with Crippen molar-refractivity contribution in [1.29, 1.82) is 0 Å². The van der Waals surface area contributed by atoms with Gasteiger partial charge in [-0.1, -0.05) is 49.8 Å². The first-order valence-corrected chi connectivity index (χ1v) is 13.7. The Kier molecular flexibility index (Phi) is 7.64. The summed E-state index contributed by atoms with van der Waals surface area (Å²) in [4.78, 5) is 32.5. The maximum atomic E-state index is 13.9. The molecule has 0 fully saturated rings. The van der Waals surface area contributed by atoms with Crippen LogP contribution in [0.2, 0.25) is 0 Å². The zero-order valence-electron chi connectivity index (χ0n) is 21.7. The summed E-state index contributed by atoms with van der Waals surface area (Å²) in [5.41, 5.74) is 2.39. The minimum Gasteiger partial charge on any atom is -0.494 e. The monoisotopic (exact) mass is 534 g/mol. The van der Waals surface area contributed by atoms with E-state index >= 15 is 0 Å². The summed E-state index contributed by atoms with van der Waals surface area (Å²) in [6.45, 7) is 6.86. The van der Waals surface area contributed by atoms with E-state index in [0.717, 1.165) is 29.7 Å². The van der Waals surface area contributed by atoms with Crippen molar-refractivity contribution >= 4 is 23.4 Å². The van der Waals surface area contributed by atoms with Gasteiger partial charge in [0.15, 0.2) is 16.3 Å². The highest BCUT2D eigenvalue weighted by atomic mass is 32.1. The van der Waals surface area contributed by atoms with E-state index in [1.54, 1.807) is 17.6 Å². The fraction of sp³-hybridized carbons (Fsp3) is 0.345. The Morgan fingerprint density at radius 1 is 1.11 bits per heavy atom. The maximum absolute atomic E-state index is 13.9. The lowest BCUT2D eigenvalue weighted by Crippen LogP contribution is -2.40. The average molecular weight is 535 g/mol. The van der Waals surface area contributed by atoms with Crippen molar-refractivity contribution in [1.82, 2.24) is 4.57 Å². The number of carbonyl (C=O) groups is 1. The topological polar surface area (TPSA) is 88.3 Å². The first-order chi connectivity index (χ1) is 18.5. The van der Waals surface area contributed by atoms with Crippen molar-refractivity contribution in [2.75, 3.05) is 20.0 Å². The number of fused-ring (bicyclic) bond motifs is 2. The van der Waals surface area contributed by atoms with E-state index in [0.29, 0.717) is 45.1 Å². The molecule has 1 aromatic heterocycles. The minimum absolute atomic E-state index is 0.130. The molecule has 198 valence electrons. The van der Waals surface area contributed by atoms with E-state index in [4.69, 9.17) is 23.9 Å². The van der Waals surface area contributed by atoms with Crippen LogP contribution < -0.4 is 29.1 Å². The van der Waals surface area contributed by atoms with Crippen molar-refractivity contribution in [2.45, 2.75) is 46.1 Å². The van der Waals surface area contributed by atoms with Crippen molar-refractivity contribution in [3.63, 3.8) is 0 Å². The van der Waals surface area contributed by atoms with Gasteiger partial charge in [-0.05, 0) is 61.2 Å². The third-order valence-electron chi connectivity index (χ3n) is 6.26. The summed E-state index contributed by atoms with van der Waals surface area (Å²) in [7, 11) is 0. The van der Waals surface area contributed by atoms with Gasteiger partial charge in [-0.15, -0.1) is 0 Å². The van der Waals surface area contributed by atoms with Gasteiger partial charge in [0.1, 0.15) is 5.75 Å². The van der Waals surface area contributed by atoms with Crippen molar-refractivity contribution < 1.29 is 23.7 Å². The molecule has 0 N–H and O–H groups in total. The number of esters is 1. The van der Waals surface area contributed by atoms with Crippen LogP contribution in [-0.4, -0.2) is 30.5 Å². The largest absolute Gasteiger partial charge is 0.494 e. The Hall–Kier alpha value is -3.85. The molecule has 1 atom stereocenters. The SMILES string of the molecule is CCCOc1ccc(/C=c2\sc3n(c2=O)[C@H](c2ccc4c(c2)OCO4)C(C(=O)OCC)=C(CCC)N=3)cc1. The summed E-state index contributed by atoms with van der Waals surface area (Å²) >= 11 is 1.31. The second-order valence-corrected chi connectivity index (χ2v) is 9.95. The number of hydrogen-bond donors (Lipinski definition) is 0. The number of benzene rings is 2. The molecule has 2 aliphatic rings. The van der Waals surface area contributed by atoms with Gasteiger partial charge in [0.05, 0.1) is 35.1 Å². The Morgan fingerprint density at radius 3 is 2.63 bits per heavy atom. The van der Waals surface area contributed by atoms with Gasteiger partial charge in [-0.3, -0.25) is 9.36 Å². The van der Waals surface area contributed by atoms with Gasteiger partial charge in [-0.2, -0.15) is 0 Å². The molecular weight excluding hydrogens is 504 g/mol. The number of nitrogens with zero attached hydrogens (tertiary/aromatic N) is 2. The molecule has 0 amide bonds. The minimum atomic E-state index is -0.701. The molecule has 0 saturated carbocycles. The number of ether oxygens (including phenoxy) is 4. The molecule has 3 heterocycles. The molecule has 0 spiro atoms. The van der Waals surface area contributed by atoms with E-state index in [1.165, 1.54) is 11.3 Å². The molecule has 0 unspecified atom stereocenters. The van der Waals surface area contributed by atoms with Crippen LogP contribution in [0.25, 0.3) is 6.08 Å². The summed E-state index contributed by atoms with van der Waals surface area (Å²) in [5, 5.41) is 0. The number of aromatic nitrogens is 1. The Bertz CT molecular complexity index is 1550. The molecule has 0 saturated heterocycles. The van der Waals surface area contributed by atoms with Crippen LogP contribution >= 0.6 is 11.3 Å². The van der Waals surface area contributed by atoms with Gasteiger partial charge >= 0.3 is 5.97 Å². The highest BCUT2D eigenvalue weighted by Gasteiger charge is 2.35. The van der Waals surface area contributed by atoms with E-state index < -0.39 is 12.0 Å². The normalized spacial score (nSPS) is 16.3. The average Bonchev–Trinajstić information content (AvgIpc) is 3.51. The lowest BCUT2D eigenvalue weighted by Gasteiger charge is -2.25. The molecule has 38 heavy (non-hydrogen) atoms. The molecule has 8 nitrogen and oxygen atoms in total. The zero-order chi connectivity index (χ0) is 26.6. The quantitative estimate of drug-likeness (QED) is 0.384. The molecule has 2 aromatic carbocycles. The van der Waals surface area contributed by atoms with Crippen LogP contribution in [0.15, 0.2) is 63.5 Å². The smallest absolute Gasteiger partial charge is 0.338 e. The predicted molar refractivity (Wildman–Crippen MR) is 144 cm³/mol. The molecule has 2 aliphatic heterocycles. The fourth-order valence-electron chi connectivity index (χ4n) is 4.55. The molecule has 0 aliphatic carbocycles. The van der Waals surface area contributed by atoms with Gasteiger partial charge in [0.2, 0.25) is 6.79 Å².